The van der Waals surface area contributed by atoms with Crippen LogP contribution in [0.3, 0.4) is 0 Å². The summed E-state index contributed by atoms with van der Waals surface area (Å²) in [6, 6.07) is 7.50. The Morgan fingerprint density at radius 1 is 0.868 bits per heavy atom. The number of amides is 2. The second kappa shape index (κ2) is 7.77. The maximum atomic E-state index is 14.5. The fourth-order valence-corrected chi connectivity index (χ4v) is 5.86. The number of imide groups is 1. The topological polar surface area (TPSA) is 137 Å². The highest BCUT2D eigenvalue weighted by atomic mass is 19.1. The van der Waals surface area contributed by atoms with Gasteiger partial charge in [0.15, 0.2) is 6.23 Å². The van der Waals surface area contributed by atoms with E-state index in [0.717, 1.165) is 12.1 Å². The molecule has 194 valence electrons. The Morgan fingerprint density at radius 3 is 2.24 bits per heavy atom. The summed E-state index contributed by atoms with van der Waals surface area (Å²) >= 11 is 0. The highest BCUT2D eigenvalue weighted by Crippen LogP contribution is 2.46. The van der Waals surface area contributed by atoms with Gasteiger partial charge in [-0.2, -0.15) is 0 Å². The lowest BCUT2D eigenvalue weighted by Gasteiger charge is -2.40. The van der Waals surface area contributed by atoms with E-state index in [4.69, 9.17) is 4.74 Å². The maximum absolute atomic E-state index is 14.5. The molecule has 0 spiro atoms. The van der Waals surface area contributed by atoms with Gasteiger partial charge in [0.1, 0.15) is 42.7 Å². The van der Waals surface area contributed by atoms with Crippen molar-refractivity contribution in [2.75, 3.05) is 6.67 Å². The van der Waals surface area contributed by atoms with Crippen molar-refractivity contribution in [1.29, 1.82) is 0 Å². The Bertz CT molecular complexity index is 1860. The molecule has 1 fully saturated rings. The lowest BCUT2D eigenvalue weighted by molar-refractivity contribution is -0.245. The third-order valence-corrected chi connectivity index (χ3v) is 7.49. The second-order valence-electron chi connectivity index (χ2n) is 9.54. The fraction of sp³-hybridized carbons (Fsp3) is 0.231. The molecule has 2 aliphatic rings. The molecule has 2 aliphatic heterocycles. The summed E-state index contributed by atoms with van der Waals surface area (Å²) < 4.78 is 49.7. The van der Waals surface area contributed by atoms with Crippen LogP contribution in [0.2, 0.25) is 0 Å². The summed E-state index contributed by atoms with van der Waals surface area (Å²) in [5.41, 5.74) is 0.969. The van der Waals surface area contributed by atoms with Crippen LogP contribution in [0.1, 0.15) is 26.9 Å². The predicted octanol–water partition coefficient (Wildman–Crippen LogP) is 2.54. The van der Waals surface area contributed by atoms with E-state index in [-0.39, 0.29) is 43.8 Å². The highest BCUT2D eigenvalue weighted by Gasteiger charge is 2.46. The van der Waals surface area contributed by atoms with Gasteiger partial charge in [0, 0.05) is 27.1 Å². The molecule has 12 heteroatoms. The zero-order valence-electron chi connectivity index (χ0n) is 19.2. The second-order valence-corrected chi connectivity index (χ2v) is 9.54. The molecule has 5 N–H and O–H groups in total. The van der Waals surface area contributed by atoms with Crippen LogP contribution in [0.15, 0.2) is 36.4 Å². The van der Waals surface area contributed by atoms with Gasteiger partial charge in [-0.25, -0.2) is 13.2 Å². The lowest BCUT2D eigenvalue weighted by atomic mass is 9.96. The van der Waals surface area contributed by atoms with Crippen LogP contribution in [-0.4, -0.2) is 67.8 Å². The fourth-order valence-electron chi connectivity index (χ4n) is 5.86. The number of halogens is 3. The van der Waals surface area contributed by atoms with Crippen LogP contribution in [0, 0.1) is 11.6 Å². The van der Waals surface area contributed by atoms with Gasteiger partial charge in [0.2, 0.25) is 0 Å². The first-order valence-electron chi connectivity index (χ1n) is 11.7. The summed E-state index contributed by atoms with van der Waals surface area (Å²) in [5, 5.41) is 34.8. The predicted molar refractivity (Wildman–Crippen MR) is 128 cm³/mol. The average Bonchev–Trinajstić information content (AvgIpc) is 3.51. The third-order valence-electron chi connectivity index (χ3n) is 7.49. The van der Waals surface area contributed by atoms with E-state index in [1.54, 1.807) is 0 Å². The Labute approximate surface area is 210 Å². The number of rotatable bonds is 2. The third kappa shape index (κ3) is 2.85. The number of benzene rings is 3. The first-order valence-corrected chi connectivity index (χ1v) is 11.7. The summed E-state index contributed by atoms with van der Waals surface area (Å²) in [7, 11) is 0. The SMILES string of the molecule is O=C1NC(=O)c2c1c1c3cc(F)ccc3[nH]c1c1c2c2cc(F)ccc2n1C1O[C@H](CF)[C@H](O)[C@H](O)[C@H]1O. The number of aromatic nitrogens is 2. The Kier molecular flexibility index (Phi) is 4.74. The van der Waals surface area contributed by atoms with Crippen LogP contribution in [-0.2, 0) is 4.74 Å². The number of nitrogens with one attached hydrogen (secondary N) is 2. The first-order chi connectivity index (χ1) is 18.2. The van der Waals surface area contributed by atoms with Crippen LogP contribution >= 0.6 is 0 Å². The summed E-state index contributed by atoms with van der Waals surface area (Å²) in [6.45, 7) is -1.18. The van der Waals surface area contributed by atoms with Crippen LogP contribution in [0.5, 0.6) is 0 Å². The number of carbonyl (C=O) groups excluding carboxylic acids is 2. The molecule has 9 nitrogen and oxygen atoms in total. The number of hydrogen-bond donors (Lipinski definition) is 5. The minimum atomic E-state index is -1.80. The molecule has 1 saturated heterocycles. The number of aromatic amines is 1. The van der Waals surface area contributed by atoms with Crippen LogP contribution in [0.25, 0.3) is 43.6 Å². The van der Waals surface area contributed by atoms with Crippen LogP contribution < -0.4 is 5.32 Å². The quantitative estimate of drug-likeness (QED) is 0.225. The van der Waals surface area contributed by atoms with Gasteiger partial charge in [-0.05, 0) is 36.4 Å². The Morgan fingerprint density at radius 2 is 1.53 bits per heavy atom. The van der Waals surface area contributed by atoms with E-state index >= 15 is 0 Å². The smallest absolute Gasteiger partial charge is 0.259 e. The summed E-state index contributed by atoms with van der Waals surface area (Å²) in [5.74, 6) is -2.72. The number of alkyl halides is 1. The van der Waals surface area contributed by atoms with Gasteiger partial charge in [-0.15, -0.1) is 0 Å². The molecule has 5 atom stereocenters. The standard InChI is InChI=1S/C26H18F3N3O6/c27-7-14-21(33)22(34)23(35)26(38-14)32-13-4-2-9(29)6-11(13)16-18-17(24(36)31-25(18)37)15-10-5-8(28)1-3-12(10)30-19(15)20(16)32/h1-6,14,21-23,26,30,33-35H,7H2,(H,31,36,37)/t14-,21+,22+,23-,26?/m1/s1. The molecular weight excluding hydrogens is 507 g/mol. The minimum absolute atomic E-state index is 0.0279. The normalized spacial score (nSPS) is 25.7. The maximum Gasteiger partial charge on any atom is 0.259 e. The van der Waals surface area contributed by atoms with Crippen molar-refractivity contribution in [1.82, 2.24) is 14.9 Å². The number of nitrogens with zero attached hydrogens (tertiary/aromatic N) is 1. The zero-order valence-corrected chi connectivity index (χ0v) is 19.2. The summed E-state index contributed by atoms with van der Waals surface area (Å²) in [4.78, 5) is 29.2. The molecular formula is C26H18F3N3O6. The molecule has 0 aliphatic carbocycles. The van der Waals surface area contributed by atoms with Crippen molar-refractivity contribution in [3.05, 3.63) is 59.2 Å². The molecule has 2 aromatic heterocycles. The number of hydrogen-bond acceptors (Lipinski definition) is 6. The molecule has 7 rings (SSSR count). The molecule has 38 heavy (non-hydrogen) atoms. The molecule has 0 radical (unpaired) electrons. The molecule has 0 saturated carbocycles. The van der Waals surface area contributed by atoms with E-state index in [2.05, 4.69) is 10.3 Å². The van der Waals surface area contributed by atoms with Crippen molar-refractivity contribution < 1.29 is 42.8 Å². The van der Waals surface area contributed by atoms with E-state index in [1.165, 1.54) is 28.8 Å². The number of ether oxygens (including phenoxy) is 1. The molecule has 3 aromatic carbocycles. The van der Waals surface area contributed by atoms with Crippen molar-refractivity contribution in [2.24, 2.45) is 0 Å². The van der Waals surface area contributed by atoms with E-state index in [1.807, 2.05) is 0 Å². The number of aliphatic hydroxyl groups excluding tert-OH is 3. The number of H-pyrrole nitrogens is 1. The van der Waals surface area contributed by atoms with Crippen LogP contribution in [0.4, 0.5) is 13.2 Å². The van der Waals surface area contributed by atoms with Crippen molar-refractivity contribution in [3.63, 3.8) is 0 Å². The van der Waals surface area contributed by atoms with Gasteiger partial charge < -0.3 is 29.6 Å². The number of fused-ring (bicyclic) bond motifs is 10. The monoisotopic (exact) mass is 525 g/mol. The Hall–Kier alpha value is -3.97. The van der Waals surface area contributed by atoms with E-state index in [9.17, 15) is 38.1 Å². The van der Waals surface area contributed by atoms with Gasteiger partial charge in [-0.1, -0.05) is 0 Å². The van der Waals surface area contributed by atoms with E-state index < -0.39 is 60.8 Å². The zero-order chi connectivity index (χ0) is 26.6. The molecule has 5 aromatic rings. The first kappa shape index (κ1) is 23.2. The van der Waals surface area contributed by atoms with Gasteiger partial charge in [-0.3, -0.25) is 14.9 Å². The van der Waals surface area contributed by atoms with Crippen molar-refractivity contribution in [2.45, 2.75) is 30.6 Å². The molecule has 4 heterocycles. The molecule has 2 amide bonds. The van der Waals surface area contributed by atoms with Gasteiger partial charge in [0.05, 0.1) is 27.7 Å². The average molecular weight is 525 g/mol. The minimum Gasteiger partial charge on any atom is -0.387 e. The lowest BCUT2D eigenvalue weighted by Crippen LogP contribution is -2.56. The van der Waals surface area contributed by atoms with Gasteiger partial charge in [0.25, 0.3) is 11.8 Å². The van der Waals surface area contributed by atoms with Gasteiger partial charge >= 0.3 is 0 Å². The largest absolute Gasteiger partial charge is 0.387 e. The summed E-state index contributed by atoms with van der Waals surface area (Å²) in [6.07, 6.45) is -8.28. The highest BCUT2D eigenvalue weighted by molar-refractivity contribution is 6.39. The number of carbonyl (C=O) groups is 2. The van der Waals surface area contributed by atoms with E-state index in [0.29, 0.717) is 10.9 Å². The van der Waals surface area contributed by atoms with Crippen molar-refractivity contribution >= 4 is 55.4 Å². The molecule has 1 unspecified atom stereocenters. The van der Waals surface area contributed by atoms with Crippen molar-refractivity contribution in [3.8, 4) is 0 Å². The number of aliphatic hydroxyl groups is 3. The molecule has 0 bridgehead atoms. The Balaban J connectivity index is 1.72.